The lowest BCUT2D eigenvalue weighted by atomic mass is 9.79. The second-order valence-electron chi connectivity index (χ2n) is 10.1. The van der Waals surface area contributed by atoms with Crippen molar-refractivity contribution in [2.45, 2.75) is 77.0 Å². The molecular formula is C22H35NO4Si. The van der Waals surface area contributed by atoms with Crippen LogP contribution >= 0.6 is 0 Å². The predicted octanol–water partition coefficient (Wildman–Crippen LogP) is 4.19. The molecule has 156 valence electrons. The number of ether oxygens (including phenoxy) is 1. The number of benzene rings is 1. The van der Waals surface area contributed by atoms with Crippen LogP contribution in [0.2, 0.25) is 18.1 Å². The quantitative estimate of drug-likeness (QED) is 0.688. The first-order valence-corrected chi connectivity index (χ1v) is 13.1. The zero-order chi connectivity index (χ0) is 20.7. The molecule has 3 atom stereocenters. The summed E-state index contributed by atoms with van der Waals surface area (Å²) in [5.41, 5.74) is 0.566. The van der Waals surface area contributed by atoms with Crippen molar-refractivity contribution < 1.29 is 18.8 Å². The Labute approximate surface area is 170 Å². The third-order valence-electron chi connectivity index (χ3n) is 6.59. The van der Waals surface area contributed by atoms with Gasteiger partial charge in [0.2, 0.25) is 0 Å². The Morgan fingerprint density at radius 2 is 1.86 bits per heavy atom. The molecule has 1 aromatic carbocycles. The van der Waals surface area contributed by atoms with Gasteiger partial charge >= 0.3 is 0 Å². The van der Waals surface area contributed by atoms with Gasteiger partial charge in [0.1, 0.15) is 12.1 Å². The number of hydroxylamine groups is 2. The summed E-state index contributed by atoms with van der Waals surface area (Å²) in [4.78, 5) is 19.4. The van der Waals surface area contributed by atoms with E-state index >= 15 is 0 Å². The van der Waals surface area contributed by atoms with E-state index in [1.807, 2.05) is 37.1 Å². The predicted molar refractivity (Wildman–Crippen MR) is 112 cm³/mol. The van der Waals surface area contributed by atoms with Gasteiger partial charge in [-0.15, -0.1) is 0 Å². The van der Waals surface area contributed by atoms with E-state index in [9.17, 15) is 4.79 Å². The zero-order valence-electron chi connectivity index (χ0n) is 18.3. The number of rotatable bonds is 5. The summed E-state index contributed by atoms with van der Waals surface area (Å²) in [6.07, 6.45) is -0.336. The molecule has 2 fully saturated rings. The van der Waals surface area contributed by atoms with Gasteiger partial charge in [0.25, 0.3) is 0 Å². The Hall–Kier alpha value is -1.05. The first-order valence-electron chi connectivity index (χ1n) is 10.2. The van der Waals surface area contributed by atoms with Crippen LogP contribution in [0, 0.1) is 5.92 Å². The van der Waals surface area contributed by atoms with Crippen LogP contribution in [-0.2, 0) is 25.3 Å². The Balaban J connectivity index is 1.81. The van der Waals surface area contributed by atoms with Crippen LogP contribution in [-0.4, -0.2) is 50.1 Å². The molecule has 0 amide bonds. The van der Waals surface area contributed by atoms with Gasteiger partial charge in [-0.2, -0.15) is 5.06 Å². The average Bonchev–Trinajstić information content (AvgIpc) is 2.58. The van der Waals surface area contributed by atoms with Crippen molar-refractivity contribution in [1.29, 1.82) is 0 Å². The Morgan fingerprint density at radius 1 is 1.21 bits per heavy atom. The van der Waals surface area contributed by atoms with Gasteiger partial charge in [-0.3, -0.25) is 9.63 Å². The highest BCUT2D eigenvalue weighted by Crippen LogP contribution is 2.40. The van der Waals surface area contributed by atoms with Gasteiger partial charge in [0, 0.05) is 0 Å². The van der Waals surface area contributed by atoms with E-state index in [0.29, 0.717) is 19.8 Å². The third-order valence-corrected chi connectivity index (χ3v) is 11.1. The third kappa shape index (κ3) is 4.26. The minimum atomic E-state index is -1.95. The summed E-state index contributed by atoms with van der Waals surface area (Å²) in [6, 6.07) is 9.66. The first-order chi connectivity index (χ1) is 12.9. The molecule has 2 saturated heterocycles. The Bertz CT molecular complexity index is 698. The fourth-order valence-electron chi connectivity index (χ4n) is 3.67. The van der Waals surface area contributed by atoms with E-state index < -0.39 is 20.0 Å². The average molecular weight is 406 g/mol. The van der Waals surface area contributed by atoms with E-state index in [4.69, 9.17) is 14.0 Å². The molecule has 0 aliphatic carbocycles. The summed E-state index contributed by atoms with van der Waals surface area (Å²) in [5.74, 6) is -0.0316. The molecule has 0 spiro atoms. The molecule has 0 saturated carbocycles. The Morgan fingerprint density at radius 3 is 2.46 bits per heavy atom. The minimum absolute atomic E-state index is 0.108. The highest BCUT2D eigenvalue weighted by molar-refractivity contribution is 6.74. The summed E-state index contributed by atoms with van der Waals surface area (Å²) >= 11 is 0. The van der Waals surface area contributed by atoms with Crippen molar-refractivity contribution in [3.63, 3.8) is 0 Å². The molecule has 0 aromatic heterocycles. The minimum Gasteiger partial charge on any atom is -0.414 e. The zero-order valence-corrected chi connectivity index (χ0v) is 19.3. The molecular weight excluding hydrogens is 370 g/mol. The van der Waals surface area contributed by atoms with Crippen LogP contribution in [0.15, 0.2) is 30.3 Å². The topological polar surface area (TPSA) is 48.0 Å². The van der Waals surface area contributed by atoms with Crippen molar-refractivity contribution in [2.75, 3.05) is 13.2 Å². The maximum Gasteiger partial charge on any atom is 0.192 e. The van der Waals surface area contributed by atoms with E-state index in [2.05, 4.69) is 46.0 Å². The maximum atomic E-state index is 13.3. The number of carbonyl (C=O) groups excluding carboxylic acids is 1. The monoisotopic (exact) mass is 405 g/mol. The number of hydrogen-bond donors (Lipinski definition) is 0. The maximum absolute atomic E-state index is 13.3. The SMILES string of the molecule is CC1(C)O[C@H](CO[Si](C)(C)C(C)(C)C)[C@@H]2C(=O)[C@H]1CON2Cc1ccccc1. The second kappa shape index (κ2) is 7.65. The first kappa shape index (κ1) is 21.7. The van der Waals surface area contributed by atoms with Crippen LogP contribution in [0.25, 0.3) is 0 Å². The van der Waals surface area contributed by atoms with Gasteiger partial charge in [-0.25, -0.2) is 0 Å². The number of ketones is 1. The van der Waals surface area contributed by atoms with Crippen LogP contribution < -0.4 is 0 Å². The molecule has 3 rings (SSSR count). The molecule has 5 nitrogen and oxygen atoms in total. The molecule has 6 heteroatoms. The fourth-order valence-corrected chi connectivity index (χ4v) is 4.68. The van der Waals surface area contributed by atoms with Crippen LogP contribution in [0.3, 0.4) is 0 Å². The van der Waals surface area contributed by atoms with E-state index in [1.165, 1.54) is 0 Å². The molecule has 28 heavy (non-hydrogen) atoms. The van der Waals surface area contributed by atoms with Crippen LogP contribution in [0.1, 0.15) is 40.2 Å². The number of hydrogen-bond acceptors (Lipinski definition) is 5. The lowest BCUT2D eigenvalue weighted by molar-refractivity contribution is -0.296. The molecule has 2 heterocycles. The molecule has 0 radical (unpaired) electrons. The van der Waals surface area contributed by atoms with Crippen molar-refractivity contribution in [3.05, 3.63) is 35.9 Å². The summed E-state index contributed by atoms with van der Waals surface area (Å²) < 4.78 is 12.9. The van der Waals surface area contributed by atoms with Crippen LogP contribution in [0.5, 0.6) is 0 Å². The lowest BCUT2D eigenvalue weighted by Crippen LogP contribution is -2.68. The number of fused-ring (bicyclic) bond motifs is 2. The van der Waals surface area contributed by atoms with Crippen molar-refractivity contribution in [1.82, 2.24) is 5.06 Å². The summed E-state index contributed by atoms with van der Waals surface area (Å²) in [6.45, 7) is 16.4. The fraction of sp³-hybridized carbons (Fsp3) is 0.682. The molecule has 2 aliphatic heterocycles. The molecule has 2 bridgehead atoms. The number of Topliss-reactive ketones (excluding diaryl/α,β-unsaturated/α-hetero) is 1. The number of carbonyl (C=O) groups is 1. The highest BCUT2D eigenvalue weighted by atomic mass is 28.4. The van der Waals surface area contributed by atoms with Crippen LogP contribution in [0.4, 0.5) is 0 Å². The van der Waals surface area contributed by atoms with Gasteiger partial charge < -0.3 is 9.16 Å². The number of nitrogens with zero attached hydrogens (tertiary/aromatic N) is 1. The van der Waals surface area contributed by atoms with Gasteiger partial charge in [0.05, 0.1) is 31.3 Å². The summed E-state index contributed by atoms with van der Waals surface area (Å²) in [5, 5.41) is 1.92. The molecule has 2 aliphatic rings. The summed E-state index contributed by atoms with van der Waals surface area (Å²) in [7, 11) is -1.95. The van der Waals surface area contributed by atoms with Crippen molar-refractivity contribution in [3.8, 4) is 0 Å². The smallest absolute Gasteiger partial charge is 0.192 e. The van der Waals surface area contributed by atoms with Gasteiger partial charge in [-0.05, 0) is 37.5 Å². The standard InChI is InChI=1S/C22H35NO4Si/c1-21(2,3)28(6,7)26-15-18-19-20(24)17(22(4,5)27-18)14-25-23(19)13-16-11-9-8-10-12-16/h8-12,17-19H,13-15H2,1-7H3/t17-,18-,19-/m1/s1. The van der Waals surface area contributed by atoms with Gasteiger partial charge in [-0.1, -0.05) is 51.1 Å². The normalized spacial score (nSPS) is 28.4. The molecule has 1 aromatic rings. The largest absolute Gasteiger partial charge is 0.414 e. The highest BCUT2D eigenvalue weighted by Gasteiger charge is 2.55. The van der Waals surface area contributed by atoms with Gasteiger partial charge in [0.15, 0.2) is 14.1 Å². The van der Waals surface area contributed by atoms with E-state index in [0.717, 1.165) is 5.56 Å². The second-order valence-corrected chi connectivity index (χ2v) is 14.9. The molecule has 0 unspecified atom stereocenters. The van der Waals surface area contributed by atoms with E-state index in [-0.39, 0.29) is 22.8 Å². The van der Waals surface area contributed by atoms with E-state index in [1.54, 1.807) is 0 Å². The van der Waals surface area contributed by atoms with Crippen molar-refractivity contribution in [2.24, 2.45) is 5.92 Å². The lowest BCUT2D eigenvalue weighted by Gasteiger charge is -2.52. The Kier molecular flexibility index (Phi) is 5.91. The molecule has 0 N–H and O–H groups in total. The van der Waals surface area contributed by atoms with Crippen molar-refractivity contribution >= 4 is 14.1 Å².